The van der Waals surface area contributed by atoms with E-state index in [0.717, 1.165) is 22.6 Å². The Hall–Kier alpha value is -4.13. The zero-order valence-corrected chi connectivity index (χ0v) is 20.9. The van der Waals surface area contributed by atoms with Gasteiger partial charge in [-0.25, -0.2) is 9.07 Å². The van der Waals surface area contributed by atoms with Crippen molar-refractivity contribution in [3.63, 3.8) is 0 Å². The number of hydrogen-bond donors (Lipinski definition) is 0. The summed E-state index contributed by atoms with van der Waals surface area (Å²) >= 11 is 0. The van der Waals surface area contributed by atoms with Gasteiger partial charge in [0.05, 0.1) is 19.2 Å². The summed E-state index contributed by atoms with van der Waals surface area (Å²) in [7, 11) is 3.44. The summed E-state index contributed by atoms with van der Waals surface area (Å²) in [6.07, 6.45) is 0. The number of halogens is 1. The van der Waals surface area contributed by atoms with Crippen LogP contribution in [0.5, 0.6) is 17.4 Å². The molecule has 0 aliphatic carbocycles. The number of hydrogen-bond acceptors (Lipinski definition) is 4. The van der Waals surface area contributed by atoms with Gasteiger partial charge in [0, 0.05) is 24.7 Å². The summed E-state index contributed by atoms with van der Waals surface area (Å²) in [5.41, 5.74) is 2.88. The van der Waals surface area contributed by atoms with Gasteiger partial charge in [0.15, 0.2) is 0 Å². The number of aromatic nitrogens is 2. The molecule has 0 radical (unpaired) electrons. The van der Waals surface area contributed by atoms with Crippen LogP contribution in [-0.2, 0) is 13.6 Å². The second-order valence-corrected chi connectivity index (χ2v) is 8.99. The van der Waals surface area contributed by atoms with Crippen molar-refractivity contribution in [1.82, 2.24) is 14.7 Å². The molecular formula is C29H30FN3O3. The van der Waals surface area contributed by atoms with Gasteiger partial charge < -0.3 is 14.4 Å². The van der Waals surface area contributed by atoms with Gasteiger partial charge in [-0.05, 0) is 54.4 Å². The van der Waals surface area contributed by atoms with Crippen molar-refractivity contribution in [2.45, 2.75) is 20.4 Å². The van der Waals surface area contributed by atoms with Crippen LogP contribution in [-0.4, -0.2) is 34.2 Å². The Balaban J connectivity index is 1.76. The molecule has 1 aromatic heterocycles. The van der Waals surface area contributed by atoms with Crippen LogP contribution in [0.15, 0.2) is 78.9 Å². The predicted molar refractivity (Wildman–Crippen MR) is 138 cm³/mol. The summed E-state index contributed by atoms with van der Waals surface area (Å²) in [5, 5.41) is 4.77. The van der Waals surface area contributed by atoms with Crippen molar-refractivity contribution in [3.8, 4) is 28.6 Å². The van der Waals surface area contributed by atoms with E-state index in [1.165, 1.54) is 24.3 Å². The fourth-order valence-corrected chi connectivity index (χ4v) is 4.03. The van der Waals surface area contributed by atoms with Crippen molar-refractivity contribution in [2.75, 3.05) is 13.7 Å². The summed E-state index contributed by atoms with van der Waals surface area (Å²) in [4.78, 5) is 15.3. The third kappa shape index (κ3) is 5.74. The second-order valence-electron chi connectivity index (χ2n) is 8.99. The Morgan fingerprint density at radius 3 is 2.22 bits per heavy atom. The molecule has 0 aliphatic heterocycles. The highest BCUT2D eigenvalue weighted by Gasteiger charge is 2.25. The Morgan fingerprint density at radius 2 is 1.61 bits per heavy atom. The molecule has 0 aliphatic rings. The molecule has 7 heteroatoms. The van der Waals surface area contributed by atoms with E-state index in [2.05, 4.69) is 13.8 Å². The molecule has 36 heavy (non-hydrogen) atoms. The van der Waals surface area contributed by atoms with Crippen molar-refractivity contribution < 1.29 is 18.7 Å². The van der Waals surface area contributed by atoms with E-state index in [1.54, 1.807) is 16.7 Å². The van der Waals surface area contributed by atoms with Crippen LogP contribution in [0.2, 0.25) is 0 Å². The lowest BCUT2D eigenvalue weighted by atomic mass is 10.1. The van der Waals surface area contributed by atoms with Gasteiger partial charge in [0.25, 0.3) is 5.91 Å². The first-order valence-electron chi connectivity index (χ1n) is 11.8. The molecule has 0 fully saturated rings. The lowest BCUT2D eigenvalue weighted by Crippen LogP contribution is -2.34. The van der Waals surface area contributed by atoms with Crippen LogP contribution in [0.4, 0.5) is 4.39 Å². The average Bonchev–Trinajstić information content (AvgIpc) is 3.19. The normalized spacial score (nSPS) is 10.9. The lowest BCUT2D eigenvalue weighted by molar-refractivity contribution is 0.0722. The number of carbonyl (C=O) groups excluding carboxylic acids is 1. The third-order valence-electron chi connectivity index (χ3n) is 5.72. The van der Waals surface area contributed by atoms with E-state index >= 15 is 0 Å². The molecule has 0 atom stereocenters. The van der Waals surface area contributed by atoms with Gasteiger partial charge >= 0.3 is 0 Å². The number of benzene rings is 3. The fraction of sp³-hybridized carbons (Fsp3) is 0.241. The smallest absolute Gasteiger partial charge is 0.254 e. The Morgan fingerprint density at radius 1 is 0.972 bits per heavy atom. The summed E-state index contributed by atoms with van der Waals surface area (Å²) in [5.74, 6) is 1.56. The first-order valence-corrected chi connectivity index (χ1v) is 11.8. The molecule has 0 spiro atoms. The predicted octanol–water partition coefficient (Wildman–Crippen LogP) is 6.33. The topological polar surface area (TPSA) is 56.6 Å². The van der Waals surface area contributed by atoms with E-state index in [4.69, 9.17) is 14.6 Å². The quantitative estimate of drug-likeness (QED) is 0.277. The van der Waals surface area contributed by atoms with E-state index in [0.29, 0.717) is 23.7 Å². The molecule has 0 N–H and O–H groups in total. The van der Waals surface area contributed by atoms with Crippen LogP contribution in [0.3, 0.4) is 0 Å². The molecule has 0 bridgehead atoms. The summed E-state index contributed by atoms with van der Waals surface area (Å²) in [6.45, 7) is 4.90. The maximum Gasteiger partial charge on any atom is 0.254 e. The van der Waals surface area contributed by atoms with Crippen LogP contribution in [0.1, 0.15) is 29.8 Å². The van der Waals surface area contributed by atoms with Crippen LogP contribution < -0.4 is 9.47 Å². The van der Waals surface area contributed by atoms with Crippen molar-refractivity contribution in [3.05, 3.63) is 95.8 Å². The molecule has 186 valence electrons. The van der Waals surface area contributed by atoms with E-state index < -0.39 is 0 Å². The highest BCUT2D eigenvalue weighted by molar-refractivity contribution is 5.94. The maximum atomic E-state index is 13.5. The van der Waals surface area contributed by atoms with Crippen LogP contribution >= 0.6 is 0 Å². The Kier molecular flexibility index (Phi) is 7.68. The van der Waals surface area contributed by atoms with Crippen molar-refractivity contribution in [2.24, 2.45) is 13.0 Å². The van der Waals surface area contributed by atoms with Gasteiger partial charge in [0.2, 0.25) is 5.88 Å². The van der Waals surface area contributed by atoms with Gasteiger partial charge in [0.1, 0.15) is 23.0 Å². The molecule has 1 amide bonds. The SMILES string of the molecule is COc1ccc(Oc2c(CN(CC(C)C)C(=O)c3ccc(F)cc3)c(-c3ccccc3)nn2C)cc1. The molecule has 3 aromatic carbocycles. The zero-order chi connectivity index (χ0) is 25.7. The third-order valence-corrected chi connectivity index (χ3v) is 5.72. The van der Waals surface area contributed by atoms with E-state index in [9.17, 15) is 9.18 Å². The standard InChI is InChI=1S/C29H30FN3O3/c1-20(2)18-33(28(34)22-10-12-23(30)13-11-22)19-26-27(21-8-6-5-7-9-21)31-32(3)29(26)36-25-16-14-24(35-4)15-17-25/h5-17,20H,18-19H2,1-4H3. The molecule has 0 unspecified atom stereocenters. The van der Waals surface area contributed by atoms with Gasteiger partial charge in [-0.15, -0.1) is 0 Å². The first kappa shape index (κ1) is 25.0. The van der Waals surface area contributed by atoms with Gasteiger partial charge in [-0.2, -0.15) is 5.10 Å². The van der Waals surface area contributed by atoms with E-state index in [1.807, 2.05) is 61.6 Å². The van der Waals surface area contributed by atoms with Crippen molar-refractivity contribution >= 4 is 5.91 Å². The molecule has 0 saturated heterocycles. The summed E-state index contributed by atoms with van der Waals surface area (Å²) < 4.78 is 26.8. The lowest BCUT2D eigenvalue weighted by Gasteiger charge is -2.25. The number of rotatable bonds is 9. The molecule has 4 aromatic rings. The minimum atomic E-state index is -0.379. The zero-order valence-electron chi connectivity index (χ0n) is 20.9. The van der Waals surface area contributed by atoms with Crippen molar-refractivity contribution in [1.29, 1.82) is 0 Å². The monoisotopic (exact) mass is 487 g/mol. The van der Waals surface area contributed by atoms with Crippen LogP contribution in [0, 0.1) is 11.7 Å². The molecule has 1 heterocycles. The number of nitrogens with zero attached hydrogens (tertiary/aromatic N) is 3. The highest BCUT2D eigenvalue weighted by Crippen LogP contribution is 2.35. The fourth-order valence-electron chi connectivity index (χ4n) is 4.03. The van der Waals surface area contributed by atoms with E-state index in [-0.39, 0.29) is 24.2 Å². The molecule has 0 saturated carbocycles. The first-order chi connectivity index (χ1) is 17.4. The molecular weight excluding hydrogens is 457 g/mol. The number of amides is 1. The minimum Gasteiger partial charge on any atom is -0.497 e. The molecule has 6 nitrogen and oxygen atoms in total. The summed E-state index contributed by atoms with van der Waals surface area (Å²) in [6, 6.07) is 22.8. The number of ether oxygens (including phenoxy) is 2. The van der Waals surface area contributed by atoms with Crippen LogP contribution in [0.25, 0.3) is 11.3 Å². The highest BCUT2D eigenvalue weighted by atomic mass is 19.1. The largest absolute Gasteiger partial charge is 0.497 e. The Bertz CT molecular complexity index is 1300. The van der Waals surface area contributed by atoms with Gasteiger partial charge in [-0.3, -0.25) is 4.79 Å². The average molecular weight is 488 g/mol. The Labute approximate surface area is 210 Å². The number of methoxy groups -OCH3 is 1. The maximum absolute atomic E-state index is 13.5. The van der Waals surface area contributed by atoms with Gasteiger partial charge in [-0.1, -0.05) is 44.2 Å². The minimum absolute atomic E-state index is 0.179. The number of aryl methyl sites for hydroxylation is 1. The second kappa shape index (κ2) is 11.1. The number of carbonyl (C=O) groups is 1. The molecule has 4 rings (SSSR count).